The topological polar surface area (TPSA) is 60.7 Å². The van der Waals surface area contributed by atoms with E-state index in [1.807, 2.05) is 55.5 Å². The lowest BCUT2D eigenvalue weighted by Crippen LogP contribution is -1.76. The molecule has 0 saturated heterocycles. The maximum Gasteiger partial charge on any atom is 0.123 e. The van der Waals surface area contributed by atoms with Gasteiger partial charge in [-0.3, -0.25) is 0 Å². The van der Waals surface area contributed by atoms with Crippen LogP contribution in [-0.2, 0) is 0 Å². The molecule has 4 rings (SSSR count). The fourth-order valence-electron chi connectivity index (χ4n) is 2.58. The fraction of sp³-hybridized carbons (Fsp3) is 0.0769. The van der Waals surface area contributed by atoms with Crippen molar-refractivity contribution < 1.29 is 15.3 Å². The first-order chi connectivity index (χ1) is 14.8. The molecule has 5 heteroatoms. The second kappa shape index (κ2) is 11.9. The van der Waals surface area contributed by atoms with Crippen molar-refractivity contribution in [1.29, 1.82) is 0 Å². The van der Waals surface area contributed by atoms with Gasteiger partial charge in [-0.15, -0.1) is 0 Å². The molecule has 4 aromatic rings. The fourth-order valence-corrected chi connectivity index (χ4v) is 2.93. The average Bonchev–Trinajstić information content (AvgIpc) is 2.76. The Morgan fingerprint density at radius 3 is 1.77 bits per heavy atom. The molecule has 0 atom stereocenters. The van der Waals surface area contributed by atoms with Crippen molar-refractivity contribution in [3.05, 3.63) is 112 Å². The number of aryl methyl sites for hydroxylation is 2. The van der Waals surface area contributed by atoms with Crippen LogP contribution in [0.2, 0.25) is 10.0 Å². The highest BCUT2D eigenvalue weighted by molar-refractivity contribution is 6.31. The number of aromatic hydroxyl groups is 3. The van der Waals surface area contributed by atoms with Gasteiger partial charge < -0.3 is 15.3 Å². The van der Waals surface area contributed by atoms with Gasteiger partial charge in [-0.2, -0.15) is 0 Å². The van der Waals surface area contributed by atoms with E-state index in [9.17, 15) is 5.11 Å². The molecular formula is C26H24Cl2O3. The molecule has 31 heavy (non-hydrogen) atoms. The Morgan fingerprint density at radius 1 is 0.581 bits per heavy atom. The highest BCUT2D eigenvalue weighted by Crippen LogP contribution is 2.27. The van der Waals surface area contributed by atoms with Gasteiger partial charge in [0, 0.05) is 15.6 Å². The lowest BCUT2D eigenvalue weighted by molar-refractivity contribution is 0.471. The standard InChI is InChI=1S/C12H10O.2C7H7ClO/c13-12-9-5-4-8-11(12)10-6-2-1-3-7-10;1-5-4-6(9)2-3-7(5)8;1-5-4-6(8)2-3-7(5)9/h1-9,13H;2*2-4,9H,1H3. The lowest BCUT2D eigenvalue weighted by Gasteiger charge is -2.02. The van der Waals surface area contributed by atoms with Crippen LogP contribution in [0.4, 0.5) is 0 Å². The molecular weight excluding hydrogens is 431 g/mol. The van der Waals surface area contributed by atoms with Crippen LogP contribution in [0.25, 0.3) is 11.1 Å². The first-order valence-corrected chi connectivity index (χ1v) is 10.3. The Hall–Kier alpha value is -3.14. The maximum atomic E-state index is 9.56. The lowest BCUT2D eigenvalue weighted by atomic mass is 10.1. The summed E-state index contributed by atoms with van der Waals surface area (Å²) in [6.07, 6.45) is 0. The molecule has 0 bridgehead atoms. The molecule has 0 unspecified atom stereocenters. The molecule has 0 aliphatic carbocycles. The summed E-state index contributed by atoms with van der Waals surface area (Å²) in [5, 5.41) is 28.8. The molecule has 0 heterocycles. The SMILES string of the molecule is Cc1cc(Cl)ccc1O.Cc1cc(O)ccc1Cl.Oc1ccccc1-c1ccccc1. The largest absolute Gasteiger partial charge is 0.508 e. The van der Waals surface area contributed by atoms with Gasteiger partial charge in [0.15, 0.2) is 0 Å². The van der Waals surface area contributed by atoms with Gasteiger partial charge in [-0.25, -0.2) is 0 Å². The molecule has 0 amide bonds. The normalized spacial score (nSPS) is 9.68. The van der Waals surface area contributed by atoms with Gasteiger partial charge in [-0.05, 0) is 73.0 Å². The van der Waals surface area contributed by atoms with E-state index in [1.165, 1.54) is 0 Å². The number of hydrogen-bond donors (Lipinski definition) is 3. The van der Waals surface area contributed by atoms with Crippen LogP contribution in [0.5, 0.6) is 17.2 Å². The minimum atomic E-state index is 0.261. The average molecular weight is 455 g/mol. The van der Waals surface area contributed by atoms with Crippen LogP contribution in [0.3, 0.4) is 0 Å². The maximum absolute atomic E-state index is 9.56. The molecule has 0 spiro atoms. The van der Waals surface area contributed by atoms with Crippen LogP contribution < -0.4 is 0 Å². The zero-order valence-electron chi connectivity index (χ0n) is 17.3. The van der Waals surface area contributed by atoms with Crippen LogP contribution in [-0.4, -0.2) is 15.3 Å². The predicted octanol–water partition coefficient (Wildman–Crippen LogP) is 7.77. The zero-order chi connectivity index (χ0) is 22.8. The van der Waals surface area contributed by atoms with Crippen LogP contribution in [0, 0.1) is 13.8 Å². The van der Waals surface area contributed by atoms with Crippen molar-refractivity contribution >= 4 is 23.2 Å². The van der Waals surface area contributed by atoms with Crippen LogP contribution in [0.15, 0.2) is 91.0 Å². The van der Waals surface area contributed by atoms with Crippen molar-refractivity contribution in [1.82, 2.24) is 0 Å². The monoisotopic (exact) mass is 454 g/mol. The molecule has 0 aliphatic heterocycles. The number of phenols is 3. The first kappa shape index (κ1) is 24.1. The van der Waals surface area contributed by atoms with Crippen molar-refractivity contribution in [3.8, 4) is 28.4 Å². The van der Waals surface area contributed by atoms with Gasteiger partial charge in [0.2, 0.25) is 0 Å². The number of benzene rings is 4. The summed E-state index contributed by atoms with van der Waals surface area (Å²) < 4.78 is 0. The van der Waals surface area contributed by atoms with Crippen LogP contribution >= 0.6 is 23.2 Å². The molecule has 0 radical (unpaired) electrons. The number of rotatable bonds is 1. The Balaban J connectivity index is 0.000000170. The third-order valence-electron chi connectivity index (χ3n) is 4.29. The van der Waals surface area contributed by atoms with E-state index in [1.54, 1.807) is 49.4 Å². The van der Waals surface area contributed by atoms with E-state index in [0.29, 0.717) is 21.5 Å². The van der Waals surface area contributed by atoms with E-state index >= 15 is 0 Å². The summed E-state index contributed by atoms with van der Waals surface area (Å²) in [6.45, 7) is 3.66. The van der Waals surface area contributed by atoms with Crippen molar-refractivity contribution in [3.63, 3.8) is 0 Å². The number of phenolic OH excluding ortho intramolecular Hbond substituents is 3. The van der Waals surface area contributed by atoms with Crippen LogP contribution in [0.1, 0.15) is 11.1 Å². The second-order valence-electron chi connectivity index (χ2n) is 6.75. The molecule has 0 aliphatic rings. The summed E-state index contributed by atoms with van der Waals surface area (Å²) >= 11 is 11.3. The summed E-state index contributed by atoms with van der Waals surface area (Å²) in [6, 6.07) is 27.0. The first-order valence-electron chi connectivity index (χ1n) is 9.51. The molecule has 0 fully saturated rings. The Labute approximate surface area is 192 Å². The van der Waals surface area contributed by atoms with Gasteiger partial charge in [-0.1, -0.05) is 71.7 Å². The molecule has 4 aromatic carbocycles. The van der Waals surface area contributed by atoms with E-state index in [0.717, 1.165) is 22.3 Å². The summed E-state index contributed by atoms with van der Waals surface area (Å²) in [5.41, 5.74) is 3.63. The molecule has 160 valence electrons. The van der Waals surface area contributed by atoms with Gasteiger partial charge in [0.25, 0.3) is 0 Å². The molecule has 0 saturated carbocycles. The van der Waals surface area contributed by atoms with Gasteiger partial charge >= 0.3 is 0 Å². The minimum Gasteiger partial charge on any atom is -0.508 e. The minimum absolute atomic E-state index is 0.261. The predicted molar refractivity (Wildman–Crippen MR) is 129 cm³/mol. The van der Waals surface area contributed by atoms with E-state index in [-0.39, 0.29) is 5.75 Å². The third-order valence-corrected chi connectivity index (χ3v) is 4.95. The Morgan fingerprint density at radius 2 is 1.23 bits per heavy atom. The molecule has 0 aromatic heterocycles. The van der Waals surface area contributed by atoms with Gasteiger partial charge in [0.05, 0.1) is 0 Å². The van der Waals surface area contributed by atoms with E-state index < -0.39 is 0 Å². The zero-order valence-corrected chi connectivity index (χ0v) is 18.8. The summed E-state index contributed by atoms with van der Waals surface area (Å²) in [4.78, 5) is 0. The molecule has 3 N–H and O–H groups in total. The van der Waals surface area contributed by atoms with E-state index in [2.05, 4.69) is 0 Å². The van der Waals surface area contributed by atoms with Crippen molar-refractivity contribution in [2.24, 2.45) is 0 Å². The Bertz CT molecular complexity index is 1060. The third kappa shape index (κ3) is 7.89. The quantitative estimate of drug-likeness (QED) is 0.275. The molecule has 3 nitrogen and oxygen atoms in total. The second-order valence-corrected chi connectivity index (χ2v) is 7.59. The highest BCUT2D eigenvalue weighted by Gasteiger charge is 2.00. The number of halogens is 2. The number of para-hydroxylation sites is 1. The van der Waals surface area contributed by atoms with Crippen molar-refractivity contribution in [2.45, 2.75) is 13.8 Å². The summed E-state index contributed by atoms with van der Waals surface area (Å²) in [5.74, 6) is 0.880. The summed E-state index contributed by atoms with van der Waals surface area (Å²) in [7, 11) is 0. The Kier molecular flexibility index (Phi) is 9.26. The van der Waals surface area contributed by atoms with E-state index in [4.69, 9.17) is 33.4 Å². The van der Waals surface area contributed by atoms with Gasteiger partial charge in [0.1, 0.15) is 17.2 Å². The highest BCUT2D eigenvalue weighted by atomic mass is 35.5. The van der Waals surface area contributed by atoms with Crippen molar-refractivity contribution in [2.75, 3.05) is 0 Å². The smallest absolute Gasteiger partial charge is 0.123 e. The number of hydrogen-bond acceptors (Lipinski definition) is 3.